The van der Waals surface area contributed by atoms with E-state index >= 15 is 0 Å². The van der Waals surface area contributed by atoms with Gasteiger partial charge in [-0.1, -0.05) is 0 Å². The quantitative estimate of drug-likeness (QED) is 0.709. The van der Waals surface area contributed by atoms with Crippen LogP contribution in [0, 0.1) is 11.6 Å². The van der Waals surface area contributed by atoms with Crippen molar-refractivity contribution in [2.45, 2.75) is 6.92 Å². The predicted octanol–water partition coefficient (Wildman–Crippen LogP) is 1.79. The summed E-state index contributed by atoms with van der Waals surface area (Å²) in [5.74, 6) is -1.23. The minimum atomic E-state index is -0.663. The highest BCUT2D eigenvalue weighted by Gasteiger charge is 2.02. The van der Waals surface area contributed by atoms with Crippen LogP contribution in [0.5, 0.6) is 0 Å². The Kier molecular flexibility index (Phi) is 2.36. The van der Waals surface area contributed by atoms with Crippen LogP contribution in [-0.2, 0) is 0 Å². The fourth-order valence-electron chi connectivity index (χ4n) is 0.712. The Bertz CT molecular complexity index is 250. The summed E-state index contributed by atoms with van der Waals surface area (Å²) in [6.45, 7) is 2.38. The molecule has 0 aliphatic heterocycles. The smallest absolute Gasteiger partial charge is 0.168 e. The Hall–Kier alpha value is -1.19. The van der Waals surface area contributed by atoms with Crippen LogP contribution in [0.2, 0.25) is 0 Å². The molecule has 1 aromatic rings. The summed E-state index contributed by atoms with van der Waals surface area (Å²) in [7, 11) is 0. The first-order valence-electron chi connectivity index (χ1n) is 3.29. The number of halogens is 2. The van der Waals surface area contributed by atoms with Gasteiger partial charge in [0.2, 0.25) is 0 Å². The van der Waals surface area contributed by atoms with Gasteiger partial charge in [0.15, 0.2) is 11.6 Å². The molecule has 1 rings (SSSR count). The highest BCUT2D eigenvalue weighted by atomic mass is 19.1. The normalized spacial score (nSPS) is 9.73. The van der Waals surface area contributed by atoms with Crippen LogP contribution < -0.4 is 5.32 Å². The van der Waals surface area contributed by atoms with Crippen molar-refractivity contribution in [3.63, 3.8) is 0 Å². The maximum atomic E-state index is 12.7. The topological polar surface area (TPSA) is 24.9 Å². The van der Waals surface area contributed by atoms with E-state index in [-0.39, 0.29) is 5.82 Å². The second kappa shape index (κ2) is 3.27. The lowest BCUT2D eigenvalue weighted by Crippen LogP contribution is -2.02. The molecule has 1 aromatic heterocycles. The highest BCUT2D eigenvalue weighted by Crippen LogP contribution is 2.09. The first kappa shape index (κ1) is 7.91. The van der Waals surface area contributed by atoms with E-state index in [9.17, 15) is 8.78 Å². The third-order valence-corrected chi connectivity index (χ3v) is 1.15. The van der Waals surface area contributed by atoms with Crippen LogP contribution in [0.4, 0.5) is 14.6 Å². The van der Waals surface area contributed by atoms with Crippen molar-refractivity contribution in [3.05, 3.63) is 23.9 Å². The van der Waals surface area contributed by atoms with Gasteiger partial charge < -0.3 is 5.32 Å². The van der Waals surface area contributed by atoms with Crippen molar-refractivity contribution < 1.29 is 8.78 Å². The van der Waals surface area contributed by atoms with Crippen molar-refractivity contribution in [1.29, 1.82) is 0 Å². The van der Waals surface area contributed by atoms with Gasteiger partial charge in [-0.2, -0.15) is 0 Å². The molecule has 0 fully saturated rings. The average molecular weight is 158 g/mol. The summed E-state index contributed by atoms with van der Waals surface area (Å²) >= 11 is 0. The molecule has 2 nitrogen and oxygen atoms in total. The Morgan fingerprint density at radius 1 is 1.55 bits per heavy atom. The van der Waals surface area contributed by atoms with Crippen LogP contribution in [0.1, 0.15) is 6.92 Å². The second-order valence-corrected chi connectivity index (χ2v) is 2.01. The molecule has 0 saturated carbocycles. The molecule has 0 bridgehead atoms. The molecular weight excluding hydrogens is 150 g/mol. The van der Waals surface area contributed by atoms with E-state index in [1.54, 1.807) is 0 Å². The monoisotopic (exact) mass is 158 g/mol. The minimum absolute atomic E-state index is 0.0916. The summed E-state index contributed by atoms with van der Waals surface area (Å²) in [5, 5.41) is 2.65. The Morgan fingerprint density at radius 3 is 2.82 bits per heavy atom. The highest BCUT2D eigenvalue weighted by molar-refractivity contribution is 5.35. The molecule has 0 aliphatic carbocycles. The van der Waals surface area contributed by atoms with Crippen molar-refractivity contribution in [2.75, 3.05) is 11.9 Å². The van der Waals surface area contributed by atoms with Crippen LogP contribution in [-0.4, -0.2) is 11.5 Å². The summed E-state index contributed by atoms with van der Waals surface area (Å²) in [4.78, 5) is 3.51. The van der Waals surface area contributed by atoms with E-state index < -0.39 is 11.6 Å². The van der Waals surface area contributed by atoms with E-state index in [2.05, 4.69) is 10.3 Å². The van der Waals surface area contributed by atoms with Gasteiger partial charge in [-0.25, -0.2) is 13.8 Å². The molecule has 0 spiro atoms. The van der Waals surface area contributed by atoms with Gasteiger partial charge in [0.05, 0.1) is 6.20 Å². The van der Waals surface area contributed by atoms with Gasteiger partial charge in [0.1, 0.15) is 5.82 Å². The van der Waals surface area contributed by atoms with Crippen molar-refractivity contribution in [1.82, 2.24) is 4.98 Å². The van der Waals surface area contributed by atoms with E-state index in [1.807, 2.05) is 6.92 Å². The molecule has 11 heavy (non-hydrogen) atoms. The summed E-state index contributed by atoms with van der Waals surface area (Å²) < 4.78 is 24.9. The number of rotatable bonds is 2. The molecule has 0 saturated heterocycles. The molecule has 1 N–H and O–H groups in total. The van der Waals surface area contributed by atoms with E-state index in [0.29, 0.717) is 6.54 Å². The zero-order valence-electron chi connectivity index (χ0n) is 6.06. The predicted molar refractivity (Wildman–Crippen MR) is 38.3 cm³/mol. The molecule has 0 atom stereocenters. The summed E-state index contributed by atoms with van der Waals surface area (Å²) in [5.41, 5.74) is 0. The minimum Gasteiger partial charge on any atom is -0.368 e. The average Bonchev–Trinajstić information content (AvgIpc) is 1.95. The van der Waals surface area contributed by atoms with Crippen molar-refractivity contribution >= 4 is 5.82 Å². The molecule has 0 radical (unpaired) electrons. The first-order valence-corrected chi connectivity index (χ1v) is 3.29. The number of aromatic nitrogens is 1. The van der Waals surface area contributed by atoms with Crippen LogP contribution in [0.15, 0.2) is 12.3 Å². The molecule has 0 amide bonds. The SMILES string of the molecule is CCNc1ncc(F)cc1F. The molecule has 0 aliphatic rings. The number of anilines is 1. The number of nitrogens with one attached hydrogen (secondary N) is 1. The van der Waals surface area contributed by atoms with Gasteiger partial charge in [-0.15, -0.1) is 0 Å². The fourth-order valence-corrected chi connectivity index (χ4v) is 0.712. The van der Waals surface area contributed by atoms with Gasteiger partial charge in [-0.3, -0.25) is 0 Å². The number of hydrogen-bond donors (Lipinski definition) is 1. The second-order valence-electron chi connectivity index (χ2n) is 2.01. The largest absolute Gasteiger partial charge is 0.368 e. The molecular formula is C7H8F2N2. The molecule has 0 aromatic carbocycles. The Labute approximate surface area is 63.3 Å². The number of hydrogen-bond acceptors (Lipinski definition) is 2. The first-order chi connectivity index (χ1) is 5.24. The van der Waals surface area contributed by atoms with Crippen molar-refractivity contribution in [2.24, 2.45) is 0 Å². The zero-order chi connectivity index (χ0) is 8.27. The third-order valence-electron chi connectivity index (χ3n) is 1.15. The van der Waals surface area contributed by atoms with Gasteiger partial charge in [-0.05, 0) is 6.92 Å². The number of pyridine rings is 1. The molecule has 0 unspecified atom stereocenters. The molecule has 4 heteroatoms. The van der Waals surface area contributed by atoms with Gasteiger partial charge in [0, 0.05) is 12.6 Å². The number of nitrogens with zero attached hydrogens (tertiary/aromatic N) is 1. The molecule has 1 heterocycles. The van der Waals surface area contributed by atoms with E-state index in [0.717, 1.165) is 12.3 Å². The third kappa shape index (κ3) is 1.86. The van der Waals surface area contributed by atoms with Crippen molar-refractivity contribution in [3.8, 4) is 0 Å². The summed E-state index contributed by atoms with van der Waals surface area (Å²) in [6, 6.07) is 0.797. The van der Waals surface area contributed by atoms with E-state index in [4.69, 9.17) is 0 Å². The van der Waals surface area contributed by atoms with Crippen LogP contribution in [0.25, 0.3) is 0 Å². The Balaban J connectivity index is 2.90. The summed E-state index contributed by atoms with van der Waals surface area (Å²) in [6.07, 6.45) is 0.973. The van der Waals surface area contributed by atoms with Crippen LogP contribution >= 0.6 is 0 Å². The standard InChI is InChI=1S/C7H8F2N2/c1-2-10-7-6(9)3-5(8)4-11-7/h3-4H,2H2,1H3,(H,10,11). The zero-order valence-corrected chi connectivity index (χ0v) is 6.06. The lowest BCUT2D eigenvalue weighted by atomic mass is 10.4. The van der Waals surface area contributed by atoms with Gasteiger partial charge in [0.25, 0.3) is 0 Å². The Morgan fingerprint density at radius 2 is 2.27 bits per heavy atom. The maximum Gasteiger partial charge on any atom is 0.168 e. The lowest BCUT2D eigenvalue weighted by Gasteiger charge is -2.01. The van der Waals surface area contributed by atoms with Gasteiger partial charge >= 0.3 is 0 Å². The lowest BCUT2D eigenvalue weighted by molar-refractivity contribution is 0.575. The van der Waals surface area contributed by atoms with E-state index in [1.165, 1.54) is 0 Å². The maximum absolute atomic E-state index is 12.7. The fraction of sp³-hybridized carbons (Fsp3) is 0.286. The molecule has 60 valence electrons. The van der Waals surface area contributed by atoms with Crippen LogP contribution in [0.3, 0.4) is 0 Å².